The highest BCUT2D eigenvalue weighted by atomic mass is 19.4. The lowest BCUT2D eigenvalue weighted by Crippen LogP contribution is -2.21. The summed E-state index contributed by atoms with van der Waals surface area (Å²) in [6.07, 6.45) is -3.25. The van der Waals surface area contributed by atoms with Crippen LogP contribution in [0, 0.1) is 5.92 Å². The summed E-state index contributed by atoms with van der Waals surface area (Å²) in [5.41, 5.74) is 1.57. The first-order valence-electron chi connectivity index (χ1n) is 8.43. The van der Waals surface area contributed by atoms with Crippen LogP contribution in [0.5, 0.6) is 5.75 Å². The molecule has 0 saturated heterocycles. The molecule has 0 aliphatic heterocycles. The summed E-state index contributed by atoms with van der Waals surface area (Å²) in [6.45, 7) is 2.95. The van der Waals surface area contributed by atoms with E-state index in [1.54, 1.807) is 19.2 Å². The highest BCUT2D eigenvalue weighted by Crippen LogP contribution is 2.47. The van der Waals surface area contributed by atoms with Gasteiger partial charge in [-0.25, -0.2) is 0 Å². The molecule has 1 fully saturated rings. The Kier molecular flexibility index (Phi) is 5.04. The van der Waals surface area contributed by atoms with Crippen LogP contribution in [0.4, 0.5) is 13.2 Å². The summed E-state index contributed by atoms with van der Waals surface area (Å²) < 4.78 is 43.1. The fraction of sp³-hybridized carbons (Fsp3) is 0.400. The number of nitrogens with one attached hydrogen (secondary N) is 1. The third-order valence-corrected chi connectivity index (χ3v) is 4.87. The van der Waals surface area contributed by atoms with Crippen LogP contribution in [0.3, 0.4) is 0 Å². The van der Waals surface area contributed by atoms with E-state index in [9.17, 15) is 13.2 Å². The average Bonchev–Trinajstić information content (AvgIpc) is 3.39. The Bertz CT molecular complexity index is 712. The van der Waals surface area contributed by atoms with Gasteiger partial charge in [0.15, 0.2) is 0 Å². The summed E-state index contributed by atoms with van der Waals surface area (Å²) in [5.74, 6) is 1.66. The van der Waals surface area contributed by atoms with Crippen LogP contribution in [0.15, 0.2) is 48.5 Å². The molecule has 1 aliphatic carbocycles. The van der Waals surface area contributed by atoms with Crippen LogP contribution in [0.2, 0.25) is 0 Å². The molecule has 0 amide bonds. The first kappa shape index (κ1) is 17.8. The molecular formula is C20H22F3NO. The number of hydrogen-bond donors (Lipinski definition) is 1. The molecular weight excluding hydrogens is 327 g/mol. The SMILES string of the molecule is COc1cccc([C@@H](C)NCC2CC2c2ccc(C(F)(F)F)cc2)c1. The number of rotatable bonds is 6. The van der Waals surface area contributed by atoms with Crippen molar-refractivity contribution in [1.82, 2.24) is 5.32 Å². The van der Waals surface area contributed by atoms with Crippen molar-refractivity contribution in [2.24, 2.45) is 5.92 Å². The van der Waals surface area contributed by atoms with E-state index in [1.807, 2.05) is 18.2 Å². The van der Waals surface area contributed by atoms with E-state index < -0.39 is 11.7 Å². The molecule has 5 heteroatoms. The van der Waals surface area contributed by atoms with Crippen LogP contribution in [0.1, 0.15) is 42.0 Å². The van der Waals surface area contributed by atoms with E-state index in [0.717, 1.165) is 29.8 Å². The maximum Gasteiger partial charge on any atom is 0.416 e. The van der Waals surface area contributed by atoms with E-state index in [2.05, 4.69) is 18.3 Å². The molecule has 3 atom stereocenters. The van der Waals surface area contributed by atoms with Gasteiger partial charge in [-0.1, -0.05) is 24.3 Å². The predicted molar refractivity (Wildman–Crippen MR) is 91.7 cm³/mol. The zero-order valence-corrected chi connectivity index (χ0v) is 14.3. The van der Waals surface area contributed by atoms with E-state index in [4.69, 9.17) is 4.74 Å². The van der Waals surface area contributed by atoms with Crippen LogP contribution >= 0.6 is 0 Å². The number of halogens is 3. The molecule has 25 heavy (non-hydrogen) atoms. The standard InChI is InChI=1S/C20H22F3NO/c1-13(15-4-3-5-18(10-15)25-2)24-12-16-11-19(16)14-6-8-17(9-7-14)20(21,22)23/h3-10,13,16,19,24H,11-12H2,1-2H3/t13-,16?,19?/m1/s1. The van der Waals surface area contributed by atoms with Gasteiger partial charge in [0, 0.05) is 6.04 Å². The molecule has 0 bridgehead atoms. The van der Waals surface area contributed by atoms with Gasteiger partial charge in [0.25, 0.3) is 0 Å². The average molecular weight is 349 g/mol. The lowest BCUT2D eigenvalue weighted by atomic mass is 10.1. The number of methoxy groups -OCH3 is 1. The van der Waals surface area contributed by atoms with Crippen LogP contribution in [0.25, 0.3) is 0 Å². The Labute approximate surface area is 146 Å². The van der Waals surface area contributed by atoms with Gasteiger partial charge in [0.05, 0.1) is 12.7 Å². The third kappa shape index (κ3) is 4.34. The second-order valence-electron chi connectivity index (χ2n) is 6.63. The highest BCUT2D eigenvalue weighted by Gasteiger charge is 2.38. The number of hydrogen-bond acceptors (Lipinski definition) is 2. The quantitative estimate of drug-likeness (QED) is 0.777. The van der Waals surface area contributed by atoms with Crippen LogP contribution < -0.4 is 10.1 Å². The van der Waals surface area contributed by atoms with Gasteiger partial charge in [-0.15, -0.1) is 0 Å². The lowest BCUT2D eigenvalue weighted by Gasteiger charge is -2.15. The second kappa shape index (κ2) is 7.08. The molecule has 0 heterocycles. The van der Waals surface area contributed by atoms with Gasteiger partial charge in [0.2, 0.25) is 0 Å². The highest BCUT2D eigenvalue weighted by molar-refractivity contribution is 5.32. The monoisotopic (exact) mass is 349 g/mol. The van der Waals surface area contributed by atoms with Crippen molar-refractivity contribution in [2.45, 2.75) is 31.5 Å². The first-order valence-corrected chi connectivity index (χ1v) is 8.43. The second-order valence-corrected chi connectivity index (χ2v) is 6.63. The van der Waals surface area contributed by atoms with Gasteiger partial charge in [-0.3, -0.25) is 0 Å². The molecule has 1 aliphatic rings. The van der Waals surface area contributed by atoms with E-state index >= 15 is 0 Å². The fourth-order valence-corrected chi connectivity index (χ4v) is 3.16. The fourth-order valence-electron chi connectivity index (χ4n) is 3.16. The molecule has 1 N–H and O–H groups in total. The van der Waals surface area contributed by atoms with Crippen LogP contribution in [-0.2, 0) is 6.18 Å². The van der Waals surface area contributed by atoms with Crippen molar-refractivity contribution in [3.05, 3.63) is 65.2 Å². The molecule has 0 radical (unpaired) electrons. The summed E-state index contributed by atoms with van der Waals surface area (Å²) in [5, 5.41) is 3.51. The largest absolute Gasteiger partial charge is 0.497 e. The maximum atomic E-state index is 12.6. The van der Waals surface area contributed by atoms with Crippen molar-refractivity contribution in [3.63, 3.8) is 0 Å². The van der Waals surface area contributed by atoms with Gasteiger partial charge >= 0.3 is 6.18 Å². The van der Waals surface area contributed by atoms with Crippen molar-refractivity contribution in [1.29, 1.82) is 0 Å². The minimum Gasteiger partial charge on any atom is -0.497 e. The minimum atomic E-state index is -4.27. The number of alkyl halides is 3. The number of benzene rings is 2. The molecule has 2 nitrogen and oxygen atoms in total. The summed E-state index contributed by atoms with van der Waals surface area (Å²) in [4.78, 5) is 0. The Balaban J connectivity index is 1.52. The van der Waals surface area contributed by atoms with E-state index in [1.165, 1.54) is 12.1 Å². The zero-order chi connectivity index (χ0) is 18.0. The molecule has 2 aromatic carbocycles. The van der Waals surface area contributed by atoms with Crippen LogP contribution in [-0.4, -0.2) is 13.7 Å². The molecule has 0 spiro atoms. The summed E-state index contributed by atoms with van der Waals surface area (Å²) in [6, 6.07) is 13.7. The molecule has 3 rings (SSSR count). The van der Waals surface area contributed by atoms with Gasteiger partial charge < -0.3 is 10.1 Å². The van der Waals surface area contributed by atoms with Gasteiger partial charge in [-0.2, -0.15) is 13.2 Å². The molecule has 0 aromatic heterocycles. The topological polar surface area (TPSA) is 21.3 Å². The van der Waals surface area contributed by atoms with Crippen molar-refractivity contribution < 1.29 is 17.9 Å². The zero-order valence-electron chi connectivity index (χ0n) is 14.3. The molecule has 134 valence electrons. The van der Waals surface area contributed by atoms with Crippen molar-refractivity contribution in [2.75, 3.05) is 13.7 Å². The smallest absolute Gasteiger partial charge is 0.416 e. The Morgan fingerprint density at radius 2 is 1.88 bits per heavy atom. The Morgan fingerprint density at radius 1 is 1.16 bits per heavy atom. The number of ether oxygens (including phenoxy) is 1. The minimum absolute atomic E-state index is 0.198. The van der Waals surface area contributed by atoms with E-state index in [0.29, 0.717) is 11.8 Å². The molecule has 1 saturated carbocycles. The Morgan fingerprint density at radius 3 is 2.52 bits per heavy atom. The molecule has 2 unspecified atom stereocenters. The first-order chi connectivity index (χ1) is 11.9. The molecule has 2 aromatic rings. The maximum absolute atomic E-state index is 12.6. The third-order valence-electron chi connectivity index (χ3n) is 4.87. The Hall–Kier alpha value is -2.01. The lowest BCUT2D eigenvalue weighted by molar-refractivity contribution is -0.137. The normalized spacial score (nSPS) is 21.0. The van der Waals surface area contributed by atoms with Crippen molar-refractivity contribution in [3.8, 4) is 5.75 Å². The van der Waals surface area contributed by atoms with E-state index in [-0.39, 0.29) is 6.04 Å². The summed E-state index contributed by atoms with van der Waals surface area (Å²) in [7, 11) is 1.65. The van der Waals surface area contributed by atoms with Gasteiger partial charge in [0.1, 0.15) is 5.75 Å². The van der Waals surface area contributed by atoms with Crippen molar-refractivity contribution >= 4 is 0 Å². The summed E-state index contributed by atoms with van der Waals surface area (Å²) >= 11 is 0. The predicted octanol–water partition coefficient (Wildman–Crippen LogP) is 5.17. The van der Waals surface area contributed by atoms with Gasteiger partial charge in [-0.05, 0) is 67.1 Å².